The van der Waals surface area contributed by atoms with Gasteiger partial charge in [0.15, 0.2) is 0 Å². The number of anilines is 2. The molecule has 152 valence electrons. The molecule has 8 nitrogen and oxygen atoms in total. The molecule has 2 aromatic carbocycles. The van der Waals surface area contributed by atoms with Crippen LogP contribution >= 0.6 is 0 Å². The number of nitrogens with one attached hydrogen (secondary N) is 2. The molecule has 0 aromatic heterocycles. The molecule has 1 unspecified atom stereocenters. The number of likely N-dealkylation sites (tertiary alicyclic amines) is 1. The number of hydrogen-bond acceptors (Lipinski definition) is 4. The van der Waals surface area contributed by atoms with Crippen LogP contribution in [0.3, 0.4) is 0 Å². The van der Waals surface area contributed by atoms with E-state index in [0.29, 0.717) is 35.7 Å². The molecule has 1 atom stereocenters. The number of piperidine rings is 1. The van der Waals surface area contributed by atoms with Crippen molar-refractivity contribution in [3.63, 3.8) is 0 Å². The average molecular weight is 396 g/mol. The zero-order valence-corrected chi connectivity index (χ0v) is 16.2. The molecular weight excluding hydrogens is 372 g/mol. The van der Waals surface area contributed by atoms with Crippen LogP contribution in [0, 0.1) is 0 Å². The number of hydrogen-bond donors (Lipinski definition) is 3. The largest absolute Gasteiger partial charge is 0.494 e. The molecule has 3 rings (SSSR count). The van der Waals surface area contributed by atoms with E-state index in [1.807, 2.05) is 6.07 Å². The van der Waals surface area contributed by atoms with Gasteiger partial charge in [0, 0.05) is 23.9 Å². The minimum atomic E-state index is -0.711. The van der Waals surface area contributed by atoms with Crippen LogP contribution in [-0.4, -0.2) is 42.4 Å². The van der Waals surface area contributed by atoms with Crippen LogP contribution in [0.25, 0.3) is 0 Å². The molecule has 4 amide bonds. The van der Waals surface area contributed by atoms with Crippen LogP contribution in [0.2, 0.25) is 0 Å². The van der Waals surface area contributed by atoms with Crippen molar-refractivity contribution in [1.29, 1.82) is 0 Å². The molecule has 0 aliphatic carbocycles. The van der Waals surface area contributed by atoms with Gasteiger partial charge in [-0.3, -0.25) is 9.59 Å². The van der Waals surface area contributed by atoms with Crippen LogP contribution in [0.5, 0.6) is 5.75 Å². The zero-order valence-electron chi connectivity index (χ0n) is 16.2. The lowest BCUT2D eigenvalue weighted by Crippen LogP contribution is -2.50. The summed E-state index contributed by atoms with van der Waals surface area (Å²) in [5.41, 5.74) is 6.61. The number of urea groups is 1. The van der Waals surface area contributed by atoms with Crippen LogP contribution in [0.15, 0.2) is 48.5 Å². The Morgan fingerprint density at radius 2 is 1.83 bits per heavy atom. The Bertz CT molecular complexity index is 901. The summed E-state index contributed by atoms with van der Waals surface area (Å²) in [5, 5.41) is 5.30. The van der Waals surface area contributed by atoms with E-state index in [0.717, 1.165) is 12.8 Å². The van der Waals surface area contributed by atoms with Crippen LogP contribution in [0.4, 0.5) is 16.2 Å². The van der Waals surface area contributed by atoms with Gasteiger partial charge in [0.1, 0.15) is 11.8 Å². The number of amides is 4. The zero-order chi connectivity index (χ0) is 20.8. The number of nitrogens with zero attached hydrogens (tertiary/aromatic N) is 1. The van der Waals surface area contributed by atoms with E-state index in [-0.39, 0.29) is 11.8 Å². The fourth-order valence-electron chi connectivity index (χ4n) is 3.42. The van der Waals surface area contributed by atoms with E-state index in [1.54, 1.807) is 47.4 Å². The molecule has 0 spiro atoms. The lowest BCUT2D eigenvalue weighted by atomic mass is 10.00. The highest BCUT2D eigenvalue weighted by Crippen LogP contribution is 2.28. The maximum Gasteiger partial charge on any atom is 0.316 e. The van der Waals surface area contributed by atoms with Crippen molar-refractivity contribution < 1.29 is 19.1 Å². The molecule has 1 heterocycles. The fraction of sp³-hybridized carbons (Fsp3) is 0.286. The summed E-state index contributed by atoms with van der Waals surface area (Å²) in [5.74, 6) is -0.0434. The number of nitrogens with two attached hydrogens (primary N) is 1. The first-order chi connectivity index (χ1) is 14.0. The van der Waals surface area contributed by atoms with E-state index >= 15 is 0 Å². The fourth-order valence-corrected chi connectivity index (χ4v) is 3.42. The normalized spacial score (nSPS) is 16.0. The first kappa shape index (κ1) is 20.2. The summed E-state index contributed by atoms with van der Waals surface area (Å²) in [6, 6.07) is 12.5. The van der Waals surface area contributed by atoms with Crippen LogP contribution in [-0.2, 0) is 4.79 Å². The van der Waals surface area contributed by atoms with Crippen LogP contribution in [0.1, 0.15) is 29.6 Å². The van der Waals surface area contributed by atoms with Crippen molar-refractivity contribution in [3.8, 4) is 5.75 Å². The summed E-state index contributed by atoms with van der Waals surface area (Å²) in [6.45, 7) is 0.538. The van der Waals surface area contributed by atoms with Gasteiger partial charge in [0.05, 0.1) is 12.8 Å². The minimum absolute atomic E-state index is 0.149. The highest BCUT2D eigenvalue weighted by atomic mass is 16.5. The molecule has 29 heavy (non-hydrogen) atoms. The Hall–Kier alpha value is -3.55. The molecule has 1 aliphatic heterocycles. The summed E-state index contributed by atoms with van der Waals surface area (Å²) in [4.78, 5) is 38.5. The number of ether oxygens (including phenoxy) is 1. The smallest absolute Gasteiger partial charge is 0.316 e. The Labute approximate surface area is 169 Å². The van der Waals surface area contributed by atoms with E-state index in [1.165, 1.54) is 7.11 Å². The van der Waals surface area contributed by atoms with Gasteiger partial charge in [-0.05, 0) is 43.5 Å². The Balaban J connectivity index is 1.76. The maximum absolute atomic E-state index is 12.9. The van der Waals surface area contributed by atoms with Crippen molar-refractivity contribution in [2.45, 2.75) is 25.3 Å². The molecule has 1 saturated heterocycles. The van der Waals surface area contributed by atoms with Gasteiger partial charge >= 0.3 is 6.03 Å². The van der Waals surface area contributed by atoms with Crippen LogP contribution < -0.4 is 21.1 Å². The molecule has 0 bridgehead atoms. The average Bonchev–Trinajstić information content (AvgIpc) is 2.74. The third-order valence-corrected chi connectivity index (χ3v) is 4.81. The second kappa shape index (κ2) is 9.09. The molecular formula is C21H24N4O4. The standard InChI is InChI=1S/C21H24N4O4/c1-29-18-13-15(10-11-16(18)24-21(22)28)23-19(26)17-9-5-6-12-25(17)20(27)14-7-3-2-4-8-14/h2-4,7-8,10-11,13,17H,5-6,9,12H2,1H3,(H,23,26)(H3,22,24,28). The van der Waals surface area contributed by atoms with Crippen molar-refractivity contribution in [1.82, 2.24) is 4.90 Å². The Kier molecular flexibility index (Phi) is 6.33. The number of carbonyl (C=O) groups excluding carboxylic acids is 3. The lowest BCUT2D eigenvalue weighted by Gasteiger charge is -2.34. The summed E-state index contributed by atoms with van der Waals surface area (Å²) < 4.78 is 5.25. The van der Waals surface area contributed by atoms with E-state index in [9.17, 15) is 14.4 Å². The highest BCUT2D eigenvalue weighted by Gasteiger charge is 2.32. The second-order valence-electron chi connectivity index (χ2n) is 6.77. The van der Waals surface area contributed by atoms with E-state index in [4.69, 9.17) is 10.5 Å². The SMILES string of the molecule is COc1cc(NC(=O)C2CCCCN2C(=O)c2ccccc2)ccc1NC(N)=O. The third kappa shape index (κ3) is 4.84. The van der Waals surface area contributed by atoms with Crippen molar-refractivity contribution in [2.75, 3.05) is 24.3 Å². The highest BCUT2D eigenvalue weighted by molar-refractivity contribution is 6.01. The first-order valence-electron chi connectivity index (χ1n) is 9.41. The van der Waals surface area contributed by atoms with E-state index in [2.05, 4.69) is 10.6 Å². The third-order valence-electron chi connectivity index (χ3n) is 4.81. The molecule has 0 radical (unpaired) electrons. The Morgan fingerprint density at radius 3 is 2.52 bits per heavy atom. The number of benzene rings is 2. The molecule has 0 saturated carbocycles. The first-order valence-corrected chi connectivity index (χ1v) is 9.41. The topological polar surface area (TPSA) is 114 Å². The lowest BCUT2D eigenvalue weighted by molar-refractivity contribution is -0.121. The number of methoxy groups -OCH3 is 1. The van der Waals surface area contributed by atoms with Gasteiger partial charge in [0.2, 0.25) is 5.91 Å². The number of rotatable bonds is 5. The van der Waals surface area contributed by atoms with Gasteiger partial charge in [-0.1, -0.05) is 18.2 Å². The molecule has 8 heteroatoms. The second-order valence-corrected chi connectivity index (χ2v) is 6.77. The predicted octanol–water partition coefficient (Wildman–Crippen LogP) is 2.82. The molecule has 1 aliphatic rings. The molecule has 2 aromatic rings. The number of carbonyl (C=O) groups is 3. The summed E-state index contributed by atoms with van der Waals surface area (Å²) >= 11 is 0. The minimum Gasteiger partial charge on any atom is -0.494 e. The Morgan fingerprint density at radius 1 is 1.07 bits per heavy atom. The summed E-state index contributed by atoms with van der Waals surface area (Å²) in [6.07, 6.45) is 2.34. The molecule has 4 N–H and O–H groups in total. The van der Waals surface area contributed by atoms with Gasteiger partial charge in [-0.25, -0.2) is 4.79 Å². The van der Waals surface area contributed by atoms with Gasteiger partial charge < -0.3 is 26.0 Å². The maximum atomic E-state index is 12.9. The predicted molar refractivity (Wildman–Crippen MR) is 110 cm³/mol. The summed E-state index contributed by atoms with van der Waals surface area (Å²) in [7, 11) is 1.45. The van der Waals surface area contributed by atoms with Crippen molar-refractivity contribution in [3.05, 3.63) is 54.1 Å². The van der Waals surface area contributed by atoms with Gasteiger partial charge in [0.25, 0.3) is 5.91 Å². The number of primary amides is 1. The van der Waals surface area contributed by atoms with Crippen molar-refractivity contribution >= 4 is 29.2 Å². The van der Waals surface area contributed by atoms with E-state index < -0.39 is 12.1 Å². The monoisotopic (exact) mass is 396 g/mol. The van der Waals surface area contributed by atoms with Gasteiger partial charge in [-0.15, -0.1) is 0 Å². The molecule has 1 fully saturated rings. The van der Waals surface area contributed by atoms with Crippen molar-refractivity contribution in [2.24, 2.45) is 5.73 Å². The quantitative estimate of drug-likeness (QED) is 0.721. The van der Waals surface area contributed by atoms with Gasteiger partial charge in [-0.2, -0.15) is 0 Å².